The average molecular weight is 345 g/mol. The van der Waals surface area contributed by atoms with Gasteiger partial charge in [-0.2, -0.15) is 0 Å². The van der Waals surface area contributed by atoms with Crippen molar-refractivity contribution < 1.29 is 0 Å². The Kier molecular flexibility index (Phi) is 3.78. The van der Waals surface area contributed by atoms with Gasteiger partial charge in [-0.3, -0.25) is 0 Å². The van der Waals surface area contributed by atoms with Crippen molar-refractivity contribution in [2.24, 2.45) is 0 Å². The van der Waals surface area contributed by atoms with Gasteiger partial charge in [-0.05, 0) is 25.2 Å². The largest absolute Gasteiger partial charge is 0.306 e. The molecule has 0 saturated carbocycles. The van der Waals surface area contributed by atoms with E-state index in [2.05, 4.69) is 43.1 Å². The molecule has 0 aliphatic heterocycles. The van der Waals surface area contributed by atoms with E-state index in [1.807, 2.05) is 46.3 Å². The Labute approximate surface area is 112 Å². The van der Waals surface area contributed by atoms with Gasteiger partial charge in [0, 0.05) is 32.5 Å². The van der Waals surface area contributed by atoms with Crippen LogP contribution in [-0.4, -0.2) is 20.5 Å². The summed E-state index contributed by atoms with van der Waals surface area (Å²) < 4.78 is 5.00. The third-order valence-electron chi connectivity index (χ3n) is 2.12. The van der Waals surface area contributed by atoms with Crippen LogP contribution in [0.2, 0.25) is 0 Å². The van der Waals surface area contributed by atoms with Gasteiger partial charge in [0.2, 0.25) is 0 Å². The van der Waals surface area contributed by atoms with Crippen LogP contribution in [0.5, 0.6) is 0 Å². The first-order valence-electron chi connectivity index (χ1n) is 4.81. The zero-order valence-corrected chi connectivity index (χ0v) is 11.9. The smallest absolute Gasteiger partial charge is 0.0995 e. The van der Waals surface area contributed by atoms with E-state index in [4.69, 9.17) is 0 Å². The van der Waals surface area contributed by atoms with Crippen molar-refractivity contribution in [1.29, 1.82) is 0 Å². The van der Waals surface area contributed by atoms with E-state index in [0.717, 1.165) is 22.4 Å². The van der Waals surface area contributed by atoms with E-state index in [9.17, 15) is 0 Å². The normalized spacial score (nSPS) is 11.0. The highest BCUT2D eigenvalue weighted by Crippen LogP contribution is 2.16. The van der Waals surface area contributed by atoms with E-state index in [1.165, 1.54) is 0 Å². The Morgan fingerprint density at radius 1 is 1.44 bits per heavy atom. The monoisotopic (exact) mass is 343 g/mol. The number of hydrogen-bond donors (Lipinski definition) is 0. The van der Waals surface area contributed by atoms with Crippen molar-refractivity contribution >= 4 is 32.1 Å². The first kappa shape index (κ1) is 11.8. The van der Waals surface area contributed by atoms with Crippen molar-refractivity contribution in [2.45, 2.75) is 6.54 Å². The van der Waals surface area contributed by atoms with E-state index >= 15 is 0 Å². The van der Waals surface area contributed by atoms with E-state index in [0.29, 0.717) is 0 Å². The third kappa shape index (κ3) is 2.93. The molecule has 0 aliphatic carbocycles. The highest BCUT2D eigenvalue weighted by Gasteiger charge is 2.02. The molecule has 1 aromatic carbocycles. The maximum Gasteiger partial charge on any atom is 0.0995 e. The van der Waals surface area contributed by atoms with Gasteiger partial charge in [0.25, 0.3) is 0 Å². The molecule has 0 fully saturated rings. The van der Waals surface area contributed by atoms with Crippen LogP contribution in [0, 0.1) is 0 Å². The summed E-state index contributed by atoms with van der Waals surface area (Å²) in [6.07, 6.45) is 3.85. The second-order valence-corrected chi connectivity index (χ2v) is 5.64. The maximum absolute atomic E-state index is 4.34. The van der Waals surface area contributed by atoms with Crippen LogP contribution in [0.15, 0.2) is 41.3 Å². The SMILES string of the molecule is CN(Br)Cc1cn(-c2cccc(Br)c2)cn1. The minimum atomic E-state index is 0.779. The lowest BCUT2D eigenvalue weighted by Crippen LogP contribution is -2.03. The van der Waals surface area contributed by atoms with Gasteiger partial charge in [0.05, 0.1) is 18.6 Å². The van der Waals surface area contributed by atoms with E-state index < -0.39 is 0 Å². The van der Waals surface area contributed by atoms with Gasteiger partial charge >= 0.3 is 0 Å². The highest BCUT2D eigenvalue weighted by molar-refractivity contribution is 9.10. The minimum absolute atomic E-state index is 0.779. The van der Waals surface area contributed by atoms with Crippen molar-refractivity contribution in [1.82, 2.24) is 13.5 Å². The summed E-state index contributed by atoms with van der Waals surface area (Å²) in [5, 5.41) is 0. The Hall–Kier alpha value is -0.650. The number of halogens is 2. The molecule has 3 nitrogen and oxygen atoms in total. The number of rotatable bonds is 3. The van der Waals surface area contributed by atoms with Crippen LogP contribution in [-0.2, 0) is 6.54 Å². The number of aromatic nitrogens is 2. The summed E-state index contributed by atoms with van der Waals surface area (Å²) in [5.74, 6) is 0. The van der Waals surface area contributed by atoms with Gasteiger partial charge in [0.15, 0.2) is 0 Å². The number of nitrogens with zero attached hydrogens (tertiary/aromatic N) is 3. The van der Waals surface area contributed by atoms with Gasteiger partial charge in [-0.25, -0.2) is 8.91 Å². The van der Waals surface area contributed by atoms with Crippen molar-refractivity contribution in [3.63, 3.8) is 0 Å². The average Bonchev–Trinajstić information content (AvgIpc) is 2.65. The van der Waals surface area contributed by atoms with Crippen molar-refractivity contribution in [3.8, 4) is 5.69 Å². The molecule has 0 unspecified atom stereocenters. The molecule has 5 heteroatoms. The van der Waals surface area contributed by atoms with Crippen LogP contribution in [0.25, 0.3) is 5.69 Å². The molecule has 0 aliphatic rings. The van der Waals surface area contributed by atoms with Crippen molar-refractivity contribution in [3.05, 3.63) is 47.0 Å². The lowest BCUT2D eigenvalue weighted by atomic mass is 10.3. The summed E-state index contributed by atoms with van der Waals surface area (Å²) in [6.45, 7) is 0.779. The fourth-order valence-electron chi connectivity index (χ4n) is 1.45. The second-order valence-electron chi connectivity index (χ2n) is 3.52. The summed E-state index contributed by atoms with van der Waals surface area (Å²) >= 11 is 6.82. The predicted molar refractivity (Wildman–Crippen MR) is 71.7 cm³/mol. The molecular weight excluding hydrogens is 334 g/mol. The molecule has 0 spiro atoms. The fraction of sp³-hybridized carbons (Fsp3) is 0.182. The molecule has 0 N–H and O–H groups in total. The van der Waals surface area contributed by atoms with Gasteiger partial charge in [0.1, 0.15) is 0 Å². The minimum Gasteiger partial charge on any atom is -0.306 e. The van der Waals surface area contributed by atoms with Crippen LogP contribution in [0.3, 0.4) is 0 Å². The summed E-state index contributed by atoms with van der Waals surface area (Å²) in [7, 11) is 1.96. The van der Waals surface area contributed by atoms with E-state index in [1.54, 1.807) is 0 Å². The standard InChI is InChI=1S/C11H11Br2N3/c1-15(13)6-10-7-16(8-14-10)11-4-2-3-9(12)5-11/h2-5,7-8H,6H2,1H3. The van der Waals surface area contributed by atoms with Crippen molar-refractivity contribution in [2.75, 3.05) is 7.05 Å². The first-order chi connectivity index (χ1) is 7.65. The summed E-state index contributed by atoms with van der Waals surface area (Å²) in [4.78, 5) is 4.34. The topological polar surface area (TPSA) is 21.1 Å². The quantitative estimate of drug-likeness (QED) is 0.796. The Morgan fingerprint density at radius 3 is 2.94 bits per heavy atom. The zero-order valence-electron chi connectivity index (χ0n) is 8.77. The molecule has 0 saturated heterocycles. The van der Waals surface area contributed by atoms with Gasteiger partial charge in [-0.15, -0.1) is 0 Å². The molecular formula is C11H11Br2N3. The Bertz CT molecular complexity index is 480. The fourth-order valence-corrected chi connectivity index (χ4v) is 2.09. The number of imidazole rings is 1. The van der Waals surface area contributed by atoms with Crippen LogP contribution in [0.1, 0.15) is 5.69 Å². The molecule has 0 radical (unpaired) electrons. The Balaban J connectivity index is 2.24. The van der Waals surface area contributed by atoms with E-state index in [-0.39, 0.29) is 0 Å². The molecule has 16 heavy (non-hydrogen) atoms. The molecule has 0 bridgehead atoms. The van der Waals surface area contributed by atoms with Crippen LogP contribution < -0.4 is 0 Å². The molecule has 0 amide bonds. The van der Waals surface area contributed by atoms with Crippen LogP contribution in [0.4, 0.5) is 0 Å². The molecule has 2 rings (SSSR count). The predicted octanol–water partition coefficient (Wildman–Crippen LogP) is 3.38. The molecule has 0 atom stereocenters. The third-order valence-corrected chi connectivity index (χ3v) is 2.87. The summed E-state index contributed by atoms with van der Waals surface area (Å²) in [5.41, 5.74) is 2.13. The zero-order chi connectivity index (χ0) is 11.5. The lowest BCUT2D eigenvalue weighted by Gasteiger charge is -2.03. The lowest BCUT2D eigenvalue weighted by molar-refractivity contribution is 0.575. The number of benzene rings is 1. The van der Waals surface area contributed by atoms with Crippen LogP contribution >= 0.6 is 32.1 Å². The number of hydrogen-bond acceptors (Lipinski definition) is 2. The highest BCUT2D eigenvalue weighted by atomic mass is 79.9. The molecule has 2 aromatic rings. The molecule has 1 heterocycles. The Morgan fingerprint density at radius 2 is 2.25 bits per heavy atom. The maximum atomic E-state index is 4.34. The summed E-state index contributed by atoms with van der Waals surface area (Å²) in [6, 6.07) is 8.13. The van der Waals surface area contributed by atoms with Gasteiger partial charge in [-0.1, -0.05) is 22.0 Å². The molecule has 84 valence electrons. The first-order valence-corrected chi connectivity index (χ1v) is 6.31. The second kappa shape index (κ2) is 5.12. The molecule has 1 aromatic heterocycles. The van der Waals surface area contributed by atoms with Gasteiger partial charge < -0.3 is 4.57 Å².